The largest absolute Gasteiger partial charge is 0.493 e. The Kier molecular flexibility index (Phi) is 7.59. The fraction of sp³-hybridized carbons (Fsp3) is 0.150. The second-order valence-electron chi connectivity index (χ2n) is 5.39. The number of pyridine rings is 1. The van der Waals surface area contributed by atoms with Crippen LogP contribution in [-0.4, -0.2) is 37.9 Å². The fourth-order valence-electron chi connectivity index (χ4n) is 2.16. The Bertz CT molecular complexity index is 846. The average Bonchev–Trinajstić information content (AvgIpc) is 2.70. The van der Waals surface area contributed by atoms with Gasteiger partial charge < -0.3 is 20.5 Å². The van der Waals surface area contributed by atoms with Crippen LogP contribution in [0.15, 0.2) is 65.6 Å². The number of rotatable bonds is 8. The normalized spacial score (nSPS) is 11.7. The van der Waals surface area contributed by atoms with Crippen LogP contribution in [-0.2, 0) is 4.79 Å². The van der Waals surface area contributed by atoms with Crippen LogP contribution in [0.1, 0.15) is 5.56 Å². The van der Waals surface area contributed by atoms with E-state index in [4.69, 9.17) is 15.2 Å². The first-order valence-electron chi connectivity index (χ1n) is 8.19. The summed E-state index contributed by atoms with van der Waals surface area (Å²) in [7, 11) is 3.22. The van der Waals surface area contributed by atoms with Crippen LogP contribution >= 0.6 is 0 Å². The molecule has 0 saturated heterocycles. The maximum atomic E-state index is 12.0. The molecule has 0 spiro atoms. The molecule has 0 aliphatic rings. The van der Waals surface area contributed by atoms with E-state index >= 15 is 0 Å². The lowest BCUT2D eigenvalue weighted by Gasteiger charge is -2.11. The van der Waals surface area contributed by atoms with Crippen LogP contribution in [0.4, 0.5) is 5.69 Å². The number of ether oxygens (including phenoxy) is 2. The molecule has 1 heterocycles. The third kappa shape index (κ3) is 6.32. The van der Waals surface area contributed by atoms with Crippen LogP contribution < -0.4 is 20.5 Å². The van der Waals surface area contributed by atoms with Gasteiger partial charge in [0, 0.05) is 37.3 Å². The molecule has 0 bridgehead atoms. The Morgan fingerprint density at radius 3 is 2.85 bits per heavy atom. The van der Waals surface area contributed by atoms with E-state index in [1.54, 1.807) is 63.1 Å². The number of anilines is 1. The lowest BCUT2D eigenvalue weighted by Crippen LogP contribution is -2.07. The predicted octanol–water partition coefficient (Wildman–Crippen LogP) is 2.66. The molecule has 0 atom stereocenters. The number of nitrogens with zero attached hydrogens (tertiary/aromatic N) is 2. The van der Waals surface area contributed by atoms with Gasteiger partial charge in [-0.15, -0.1) is 0 Å². The number of nitrogens with two attached hydrogens (primary N) is 1. The third-order valence-electron chi connectivity index (χ3n) is 3.45. The summed E-state index contributed by atoms with van der Waals surface area (Å²) in [6.45, 7) is 0.249. The number of carbonyl (C=O) groups is 1. The topological polar surface area (TPSA) is 98.8 Å². The van der Waals surface area contributed by atoms with Crippen molar-refractivity contribution >= 4 is 23.9 Å². The first-order valence-corrected chi connectivity index (χ1v) is 8.19. The summed E-state index contributed by atoms with van der Waals surface area (Å²) in [6, 6.07) is 8.89. The molecule has 1 amide bonds. The van der Waals surface area contributed by atoms with Crippen molar-refractivity contribution in [3.63, 3.8) is 0 Å². The van der Waals surface area contributed by atoms with Crippen LogP contribution in [0.2, 0.25) is 0 Å². The monoisotopic (exact) mass is 366 g/mol. The van der Waals surface area contributed by atoms with E-state index < -0.39 is 0 Å². The minimum absolute atomic E-state index is 0.249. The molecular weight excluding hydrogens is 344 g/mol. The molecule has 0 saturated carbocycles. The van der Waals surface area contributed by atoms with E-state index in [0.29, 0.717) is 17.2 Å². The zero-order chi connectivity index (χ0) is 19.5. The molecule has 0 aliphatic heterocycles. The SMILES string of the molecule is CN=CC(=CN)COc1cc(/C=C/C(=O)Nc2cccnc2)ccc1OC. The van der Waals surface area contributed by atoms with Gasteiger partial charge in [0.1, 0.15) is 6.61 Å². The Hall–Kier alpha value is -3.61. The van der Waals surface area contributed by atoms with Crippen molar-refractivity contribution in [1.29, 1.82) is 0 Å². The molecule has 2 aromatic rings. The van der Waals surface area contributed by atoms with Gasteiger partial charge in [-0.1, -0.05) is 6.07 Å². The Morgan fingerprint density at radius 1 is 1.33 bits per heavy atom. The lowest BCUT2D eigenvalue weighted by molar-refractivity contribution is -0.111. The highest BCUT2D eigenvalue weighted by atomic mass is 16.5. The van der Waals surface area contributed by atoms with E-state index in [0.717, 1.165) is 11.1 Å². The minimum atomic E-state index is -0.256. The number of aromatic nitrogens is 1. The number of hydrogen-bond donors (Lipinski definition) is 2. The molecule has 27 heavy (non-hydrogen) atoms. The molecule has 0 fully saturated rings. The van der Waals surface area contributed by atoms with Crippen LogP contribution in [0.3, 0.4) is 0 Å². The summed E-state index contributed by atoms with van der Waals surface area (Å²) < 4.78 is 11.1. The van der Waals surface area contributed by atoms with Gasteiger partial charge in [-0.2, -0.15) is 0 Å². The van der Waals surface area contributed by atoms with Gasteiger partial charge in [0.2, 0.25) is 5.91 Å². The van der Waals surface area contributed by atoms with Crippen molar-refractivity contribution < 1.29 is 14.3 Å². The van der Waals surface area contributed by atoms with Crippen molar-refractivity contribution in [3.05, 3.63) is 66.1 Å². The van der Waals surface area contributed by atoms with E-state index in [9.17, 15) is 4.79 Å². The summed E-state index contributed by atoms with van der Waals surface area (Å²) in [4.78, 5) is 19.9. The molecular formula is C20H22N4O3. The molecule has 3 N–H and O–H groups in total. The number of aliphatic imine (C=N–C) groups is 1. The third-order valence-corrected chi connectivity index (χ3v) is 3.45. The number of benzene rings is 1. The van der Waals surface area contributed by atoms with Gasteiger partial charge in [-0.05, 0) is 35.9 Å². The molecule has 140 valence electrons. The van der Waals surface area contributed by atoms with Crippen molar-refractivity contribution in [2.24, 2.45) is 10.7 Å². The molecule has 2 rings (SSSR count). The molecule has 7 heteroatoms. The number of carbonyl (C=O) groups excluding carboxylic acids is 1. The van der Waals surface area contributed by atoms with E-state index in [1.807, 2.05) is 6.07 Å². The van der Waals surface area contributed by atoms with Gasteiger partial charge >= 0.3 is 0 Å². The maximum absolute atomic E-state index is 12.0. The van der Waals surface area contributed by atoms with E-state index in [1.165, 1.54) is 12.3 Å². The first-order chi connectivity index (χ1) is 13.2. The van der Waals surface area contributed by atoms with Crippen molar-refractivity contribution in [2.75, 3.05) is 26.1 Å². The number of methoxy groups -OCH3 is 1. The zero-order valence-electron chi connectivity index (χ0n) is 15.3. The van der Waals surface area contributed by atoms with Crippen molar-refractivity contribution in [1.82, 2.24) is 4.98 Å². The van der Waals surface area contributed by atoms with Gasteiger partial charge in [0.05, 0.1) is 19.0 Å². The smallest absolute Gasteiger partial charge is 0.248 e. The number of amides is 1. The summed E-state index contributed by atoms with van der Waals surface area (Å²) in [6.07, 6.45) is 9.40. The standard InChI is InChI=1S/C20H22N4O3/c1-22-12-16(11-21)14-27-19-10-15(5-7-18(19)26-2)6-8-20(25)24-17-4-3-9-23-13-17/h3-13H,14,21H2,1-2H3,(H,24,25)/b8-6+,16-11?,22-12?. The summed E-state index contributed by atoms with van der Waals surface area (Å²) in [5, 5.41) is 2.73. The lowest BCUT2D eigenvalue weighted by atomic mass is 10.2. The highest BCUT2D eigenvalue weighted by Crippen LogP contribution is 2.29. The van der Waals surface area contributed by atoms with Crippen LogP contribution in [0, 0.1) is 0 Å². The second-order valence-corrected chi connectivity index (χ2v) is 5.39. The minimum Gasteiger partial charge on any atom is -0.493 e. The Labute approximate surface area is 158 Å². The van der Waals surface area contributed by atoms with Gasteiger partial charge in [-0.25, -0.2) is 0 Å². The summed E-state index contributed by atoms with van der Waals surface area (Å²) in [5.74, 6) is 0.863. The van der Waals surface area contributed by atoms with E-state index in [-0.39, 0.29) is 12.5 Å². The maximum Gasteiger partial charge on any atom is 0.248 e. The summed E-state index contributed by atoms with van der Waals surface area (Å²) in [5.41, 5.74) is 7.69. The van der Waals surface area contributed by atoms with Gasteiger partial charge in [-0.3, -0.25) is 14.8 Å². The Morgan fingerprint density at radius 2 is 2.19 bits per heavy atom. The van der Waals surface area contributed by atoms with Crippen molar-refractivity contribution in [2.45, 2.75) is 0 Å². The molecule has 1 aromatic carbocycles. The fourth-order valence-corrected chi connectivity index (χ4v) is 2.16. The molecule has 0 aliphatic carbocycles. The molecule has 0 radical (unpaired) electrons. The van der Waals surface area contributed by atoms with E-state index in [2.05, 4.69) is 15.3 Å². The molecule has 7 nitrogen and oxygen atoms in total. The number of hydrogen-bond acceptors (Lipinski definition) is 6. The highest BCUT2D eigenvalue weighted by molar-refractivity contribution is 6.01. The highest BCUT2D eigenvalue weighted by Gasteiger charge is 2.06. The molecule has 0 unspecified atom stereocenters. The van der Waals surface area contributed by atoms with Crippen LogP contribution in [0.25, 0.3) is 6.08 Å². The molecule has 1 aromatic heterocycles. The van der Waals surface area contributed by atoms with Crippen molar-refractivity contribution in [3.8, 4) is 11.5 Å². The number of nitrogens with one attached hydrogen (secondary N) is 1. The van der Waals surface area contributed by atoms with Crippen LogP contribution in [0.5, 0.6) is 11.5 Å². The first kappa shape index (κ1) is 19.7. The zero-order valence-corrected chi connectivity index (χ0v) is 15.3. The quantitative estimate of drug-likeness (QED) is 0.553. The summed E-state index contributed by atoms with van der Waals surface area (Å²) >= 11 is 0. The Balaban J connectivity index is 2.07. The average molecular weight is 366 g/mol. The van der Waals surface area contributed by atoms with Gasteiger partial charge in [0.15, 0.2) is 11.5 Å². The van der Waals surface area contributed by atoms with Gasteiger partial charge in [0.25, 0.3) is 0 Å². The predicted molar refractivity (Wildman–Crippen MR) is 107 cm³/mol. The second kappa shape index (κ2) is 10.4.